The van der Waals surface area contributed by atoms with Crippen molar-refractivity contribution in [2.24, 2.45) is 0 Å². The van der Waals surface area contributed by atoms with Crippen LogP contribution in [0.5, 0.6) is 0 Å². The topological polar surface area (TPSA) is 56.2 Å². The second-order valence-corrected chi connectivity index (χ2v) is 4.18. The number of aryl methyl sites for hydroxylation is 1. The van der Waals surface area contributed by atoms with Crippen molar-refractivity contribution < 1.29 is 4.39 Å². The fourth-order valence-electron chi connectivity index (χ4n) is 1.84. The van der Waals surface area contributed by atoms with Gasteiger partial charge in [0, 0.05) is 17.4 Å². The number of pyridine rings is 1. The molecule has 2 N–H and O–H groups in total. The Kier molecular flexibility index (Phi) is 2.26. The molecule has 3 rings (SSSR count). The number of benzene rings is 1. The Hall–Kier alpha value is -2.43. The van der Waals surface area contributed by atoms with Gasteiger partial charge in [0.25, 0.3) is 0 Å². The lowest BCUT2D eigenvalue weighted by Gasteiger charge is -2.02. The molecule has 4 nitrogen and oxygen atoms in total. The number of fused-ring (bicyclic) bond motifs is 1. The number of aromatic nitrogens is 3. The maximum absolute atomic E-state index is 13.6. The first-order chi connectivity index (χ1) is 8.65. The molecule has 18 heavy (non-hydrogen) atoms. The third kappa shape index (κ3) is 1.60. The highest BCUT2D eigenvalue weighted by molar-refractivity contribution is 5.61. The number of hydrogen-bond donors (Lipinski definition) is 1. The molecule has 0 radical (unpaired) electrons. The molecule has 2 aromatic heterocycles. The van der Waals surface area contributed by atoms with Gasteiger partial charge in [0.2, 0.25) is 0 Å². The van der Waals surface area contributed by atoms with Gasteiger partial charge in [-0.2, -0.15) is 0 Å². The van der Waals surface area contributed by atoms with Crippen molar-refractivity contribution in [3.63, 3.8) is 0 Å². The van der Waals surface area contributed by atoms with Gasteiger partial charge >= 0.3 is 0 Å². The van der Waals surface area contributed by atoms with Crippen molar-refractivity contribution >= 4 is 11.3 Å². The number of nitrogens with zero attached hydrogens (tertiary/aromatic N) is 3. The molecule has 0 aliphatic rings. The van der Waals surface area contributed by atoms with E-state index in [9.17, 15) is 4.39 Å². The summed E-state index contributed by atoms with van der Waals surface area (Å²) in [7, 11) is 0. The van der Waals surface area contributed by atoms with Crippen molar-refractivity contribution in [1.29, 1.82) is 0 Å². The van der Waals surface area contributed by atoms with Crippen molar-refractivity contribution in [1.82, 2.24) is 14.6 Å². The first-order valence-electron chi connectivity index (χ1n) is 5.52. The highest BCUT2D eigenvalue weighted by Crippen LogP contribution is 2.21. The summed E-state index contributed by atoms with van der Waals surface area (Å²) in [4.78, 5) is 0. The Morgan fingerprint density at radius 3 is 2.78 bits per heavy atom. The maximum Gasteiger partial charge on any atom is 0.168 e. The normalized spacial score (nSPS) is 11.0. The molecule has 1 aromatic carbocycles. The van der Waals surface area contributed by atoms with Crippen LogP contribution < -0.4 is 5.73 Å². The molecule has 0 bridgehead atoms. The first kappa shape index (κ1) is 10.7. The zero-order valence-corrected chi connectivity index (χ0v) is 9.76. The minimum atomic E-state index is -0.256. The van der Waals surface area contributed by atoms with Gasteiger partial charge in [-0.05, 0) is 30.7 Å². The number of nitrogens with two attached hydrogens (primary N) is 1. The van der Waals surface area contributed by atoms with Crippen LogP contribution in [0.1, 0.15) is 5.56 Å². The number of anilines is 1. The molecule has 0 unspecified atom stereocenters. The fourth-order valence-corrected chi connectivity index (χ4v) is 1.84. The van der Waals surface area contributed by atoms with Gasteiger partial charge in [0.05, 0.1) is 0 Å². The lowest BCUT2D eigenvalue weighted by Crippen LogP contribution is -1.93. The van der Waals surface area contributed by atoms with E-state index in [0.29, 0.717) is 28.3 Å². The molecule has 5 heteroatoms. The summed E-state index contributed by atoms with van der Waals surface area (Å²) in [6.07, 6.45) is 1.72. The van der Waals surface area contributed by atoms with E-state index in [4.69, 9.17) is 5.73 Å². The predicted molar refractivity (Wildman–Crippen MR) is 67.5 cm³/mol. The molecule has 0 fully saturated rings. The molecule has 2 heterocycles. The van der Waals surface area contributed by atoms with Crippen LogP contribution >= 0.6 is 0 Å². The van der Waals surface area contributed by atoms with Crippen molar-refractivity contribution in [2.45, 2.75) is 6.92 Å². The predicted octanol–water partition coefficient (Wildman–Crippen LogP) is 2.43. The van der Waals surface area contributed by atoms with E-state index in [1.807, 2.05) is 6.07 Å². The summed E-state index contributed by atoms with van der Waals surface area (Å²) in [5.74, 6) is 0.323. The van der Waals surface area contributed by atoms with Crippen LogP contribution in [-0.4, -0.2) is 14.6 Å². The molecule has 3 aromatic rings. The summed E-state index contributed by atoms with van der Waals surface area (Å²) in [6, 6.07) is 8.52. The molecule has 0 aliphatic heterocycles. The van der Waals surface area contributed by atoms with E-state index in [0.717, 1.165) is 0 Å². The number of halogens is 1. The first-order valence-corrected chi connectivity index (χ1v) is 5.52. The molecular formula is C13H11FN4. The van der Waals surface area contributed by atoms with E-state index in [1.54, 1.807) is 35.7 Å². The van der Waals surface area contributed by atoms with Gasteiger partial charge in [-0.3, -0.25) is 4.40 Å². The third-order valence-electron chi connectivity index (χ3n) is 2.86. The van der Waals surface area contributed by atoms with Crippen LogP contribution in [0.15, 0.2) is 36.5 Å². The van der Waals surface area contributed by atoms with E-state index >= 15 is 0 Å². The van der Waals surface area contributed by atoms with E-state index < -0.39 is 0 Å². The molecule has 0 amide bonds. The molecule has 0 spiro atoms. The highest BCUT2D eigenvalue weighted by atomic mass is 19.1. The number of hydrogen-bond acceptors (Lipinski definition) is 3. The van der Waals surface area contributed by atoms with Crippen molar-refractivity contribution in [2.75, 3.05) is 5.73 Å². The largest absolute Gasteiger partial charge is 0.398 e. The Morgan fingerprint density at radius 1 is 1.17 bits per heavy atom. The van der Waals surface area contributed by atoms with Gasteiger partial charge in [-0.15, -0.1) is 10.2 Å². The molecule has 0 aliphatic carbocycles. The Morgan fingerprint density at radius 2 is 2.00 bits per heavy atom. The van der Waals surface area contributed by atoms with Gasteiger partial charge in [-0.1, -0.05) is 12.1 Å². The maximum atomic E-state index is 13.6. The summed E-state index contributed by atoms with van der Waals surface area (Å²) in [5.41, 5.74) is 8.30. The highest BCUT2D eigenvalue weighted by Gasteiger charge is 2.09. The summed E-state index contributed by atoms with van der Waals surface area (Å²) in [5, 5.41) is 8.09. The van der Waals surface area contributed by atoms with Crippen LogP contribution in [0.4, 0.5) is 10.1 Å². The lowest BCUT2D eigenvalue weighted by molar-refractivity contribution is 0.619. The minimum absolute atomic E-state index is 0.256. The van der Waals surface area contributed by atoms with Gasteiger partial charge in [-0.25, -0.2) is 4.39 Å². The Bertz CT molecular complexity index is 733. The average molecular weight is 242 g/mol. The average Bonchev–Trinajstić information content (AvgIpc) is 2.75. The Labute approximate surface area is 103 Å². The molecule has 0 atom stereocenters. The van der Waals surface area contributed by atoms with Crippen molar-refractivity contribution in [3.8, 4) is 11.4 Å². The summed E-state index contributed by atoms with van der Waals surface area (Å²) in [6.45, 7) is 1.72. The van der Waals surface area contributed by atoms with Gasteiger partial charge < -0.3 is 5.73 Å². The SMILES string of the molecule is Cc1ccc(-c2nnc3ccc(N)cn23)cc1F. The van der Waals surface area contributed by atoms with Crippen LogP contribution in [0.25, 0.3) is 17.0 Å². The van der Waals surface area contributed by atoms with Gasteiger partial charge in [0.1, 0.15) is 5.82 Å². The third-order valence-corrected chi connectivity index (χ3v) is 2.86. The quantitative estimate of drug-likeness (QED) is 0.713. The second kappa shape index (κ2) is 3.80. The standard InChI is InChI=1S/C13H11FN4/c1-8-2-3-9(6-11(8)14)13-17-16-12-5-4-10(15)7-18(12)13/h2-7H,15H2,1H3. The Balaban J connectivity index is 2.24. The monoisotopic (exact) mass is 242 g/mol. The lowest BCUT2D eigenvalue weighted by atomic mass is 10.1. The second-order valence-electron chi connectivity index (χ2n) is 4.18. The molecule has 0 saturated carbocycles. The number of rotatable bonds is 1. The zero-order chi connectivity index (χ0) is 12.7. The minimum Gasteiger partial charge on any atom is -0.398 e. The molecule has 0 saturated heterocycles. The summed E-state index contributed by atoms with van der Waals surface area (Å²) >= 11 is 0. The van der Waals surface area contributed by atoms with E-state index in [1.165, 1.54) is 6.07 Å². The van der Waals surface area contributed by atoms with E-state index in [-0.39, 0.29) is 5.82 Å². The van der Waals surface area contributed by atoms with Gasteiger partial charge in [0.15, 0.2) is 11.5 Å². The number of nitrogen functional groups attached to an aromatic ring is 1. The molecular weight excluding hydrogens is 231 g/mol. The molecule has 90 valence electrons. The summed E-state index contributed by atoms with van der Waals surface area (Å²) < 4.78 is 15.3. The van der Waals surface area contributed by atoms with E-state index in [2.05, 4.69) is 10.2 Å². The zero-order valence-electron chi connectivity index (χ0n) is 9.76. The fraction of sp³-hybridized carbons (Fsp3) is 0.0769. The van der Waals surface area contributed by atoms with Crippen molar-refractivity contribution in [3.05, 3.63) is 47.9 Å². The smallest absolute Gasteiger partial charge is 0.168 e. The van der Waals surface area contributed by atoms with Crippen LogP contribution in [0.3, 0.4) is 0 Å². The van der Waals surface area contributed by atoms with Crippen LogP contribution in [0, 0.1) is 12.7 Å². The van der Waals surface area contributed by atoms with Crippen LogP contribution in [0.2, 0.25) is 0 Å². The van der Waals surface area contributed by atoms with Crippen LogP contribution in [-0.2, 0) is 0 Å².